The highest BCUT2D eigenvalue weighted by molar-refractivity contribution is 5.65. The van der Waals surface area contributed by atoms with Gasteiger partial charge in [0.1, 0.15) is 6.29 Å². The molecule has 0 saturated carbocycles. The van der Waals surface area contributed by atoms with Gasteiger partial charge in [0, 0.05) is 0 Å². The zero-order valence-electron chi connectivity index (χ0n) is 9.46. The Morgan fingerprint density at radius 2 is 1.57 bits per heavy atom. The summed E-state index contributed by atoms with van der Waals surface area (Å²) >= 11 is 0. The molecule has 0 aromatic heterocycles. The van der Waals surface area contributed by atoms with Crippen molar-refractivity contribution in [2.75, 3.05) is 0 Å². The van der Waals surface area contributed by atoms with E-state index >= 15 is 0 Å². The second kappa shape index (κ2) is 10.2. The van der Waals surface area contributed by atoms with Gasteiger partial charge in [0.2, 0.25) is 0 Å². The maximum atomic E-state index is 10.1. The minimum absolute atomic E-state index is 0.827. The number of rotatable bonds is 8. The molecule has 14 heavy (non-hydrogen) atoms. The summed E-state index contributed by atoms with van der Waals surface area (Å²) in [5.74, 6) is 0. The molecule has 0 aliphatic carbocycles. The van der Waals surface area contributed by atoms with E-state index in [0.29, 0.717) is 0 Å². The number of allylic oxidation sites excluding steroid dienone is 4. The van der Waals surface area contributed by atoms with E-state index in [2.05, 4.69) is 19.9 Å². The van der Waals surface area contributed by atoms with Crippen molar-refractivity contribution in [3.05, 3.63) is 23.8 Å². The van der Waals surface area contributed by atoms with Gasteiger partial charge in [0.25, 0.3) is 0 Å². The predicted molar refractivity (Wildman–Crippen MR) is 62.3 cm³/mol. The van der Waals surface area contributed by atoms with Crippen molar-refractivity contribution < 1.29 is 4.79 Å². The van der Waals surface area contributed by atoms with Crippen LogP contribution in [0.4, 0.5) is 0 Å². The van der Waals surface area contributed by atoms with Crippen LogP contribution in [0.25, 0.3) is 0 Å². The molecule has 0 rings (SSSR count). The topological polar surface area (TPSA) is 17.1 Å². The molecule has 0 spiro atoms. The van der Waals surface area contributed by atoms with E-state index in [1.165, 1.54) is 44.1 Å². The molecule has 0 amide bonds. The molecule has 0 unspecified atom stereocenters. The van der Waals surface area contributed by atoms with Crippen molar-refractivity contribution in [2.24, 2.45) is 0 Å². The third kappa shape index (κ3) is 7.78. The van der Waals surface area contributed by atoms with E-state index < -0.39 is 0 Å². The summed E-state index contributed by atoms with van der Waals surface area (Å²) in [4.78, 5) is 10.1. The Balaban J connectivity index is 4.00. The highest BCUT2D eigenvalue weighted by atomic mass is 16.1. The van der Waals surface area contributed by atoms with E-state index in [-0.39, 0.29) is 0 Å². The maximum Gasteiger partial charge on any atom is 0.142 e. The lowest BCUT2D eigenvalue weighted by atomic mass is 10.0. The Morgan fingerprint density at radius 3 is 2.00 bits per heavy atom. The van der Waals surface area contributed by atoms with Gasteiger partial charge >= 0.3 is 0 Å². The van der Waals surface area contributed by atoms with Crippen molar-refractivity contribution in [2.45, 2.75) is 52.4 Å². The molecule has 0 aromatic carbocycles. The normalized spacial score (nSPS) is 10.4. The van der Waals surface area contributed by atoms with Gasteiger partial charge in [-0.1, -0.05) is 44.4 Å². The van der Waals surface area contributed by atoms with Crippen molar-refractivity contribution in [3.63, 3.8) is 0 Å². The average Bonchev–Trinajstić information content (AvgIpc) is 2.21. The first-order chi connectivity index (χ1) is 6.85. The monoisotopic (exact) mass is 194 g/mol. The minimum atomic E-state index is 0.827. The van der Waals surface area contributed by atoms with E-state index in [1.807, 2.05) is 6.08 Å². The molecule has 80 valence electrons. The smallest absolute Gasteiger partial charge is 0.142 e. The third-order valence-electron chi connectivity index (χ3n) is 2.22. The lowest BCUT2D eigenvalue weighted by molar-refractivity contribution is -0.104. The van der Waals surface area contributed by atoms with Gasteiger partial charge in [0.15, 0.2) is 0 Å². The van der Waals surface area contributed by atoms with Crippen LogP contribution >= 0.6 is 0 Å². The van der Waals surface area contributed by atoms with Gasteiger partial charge in [0.05, 0.1) is 0 Å². The SMILES string of the molecule is CCCCC(=CC=CC=O)CCCC. The molecule has 0 radical (unpaired) electrons. The molecule has 0 atom stereocenters. The summed E-state index contributed by atoms with van der Waals surface area (Å²) in [5, 5.41) is 0. The first-order valence-corrected chi connectivity index (χ1v) is 5.65. The van der Waals surface area contributed by atoms with Gasteiger partial charge in [-0.2, -0.15) is 0 Å². The third-order valence-corrected chi connectivity index (χ3v) is 2.22. The maximum absolute atomic E-state index is 10.1. The fourth-order valence-corrected chi connectivity index (χ4v) is 1.34. The van der Waals surface area contributed by atoms with Gasteiger partial charge < -0.3 is 0 Å². The molecule has 0 fully saturated rings. The Labute approximate surface area is 87.9 Å². The van der Waals surface area contributed by atoms with Crippen LogP contribution in [0.5, 0.6) is 0 Å². The van der Waals surface area contributed by atoms with Crippen LogP contribution in [0.2, 0.25) is 0 Å². The van der Waals surface area contributed by atoms with E-state index in [1.54, 1.807) is 6.08 Å². The molecular weight excluding hydrogens is 172 g/mol. The Hall–Kier alpha value is -0.850. The van der Waals surface area contributed by atoms with Crippen molar-refractivity contribution in [1.29, 1.82) is 0 Å². The fourth-order valence-electron chi connectivity index (χ4n) is 1.34. The highest BCUT2D eigenvalue weighted by Crippen LogP contribution is 2.14. The summed E-state index contributed by atoms with van der Waals surface area (Å²) in [7, 11) is 0. The molecule has 1 heteroatoms. The van der Waals surface area contributed by atoms with Gasteiger partial charge in [-0.3, -0.25) is 4.79 Å². The van der Waals surface area contributed by atoms with Crippen LogP contribution in [0.3, 0.4) is 0 Å². The number of hydrogen-bond acceptors (Lipinski definition) is 1. The average molecular weight is 194 g/mol. The number of aldehydes is 1. The molecule has 0 bridgehead atoms. The van der Waals surface area contributed by atoms with Crippen LogP contribution in [-0.4, -0.2) is 6.29 Å². The minimum Gasteiger partial charge on any atom is -0.299 e. The molecule has 0 aromatic rings. The highest BCUT2D eigenvalue weighted by Gasteiger charge is 1.95. The Morgan fingerprint density at radius 1 is 1.00 bits per heavy atom. The van der Waals surface area contributed by atoms with E-state index in [9.17, 15) is 4.79 Å². The molecule has 0 aliphatic rings. The molecule has 0 saturated heterocycles. The number of hydrogen-bond donors (Lipinski definition) is 0. The number of unbranched alkanes of at least 4 members (excludes halogenated alkanes) is 2. The van der Waals surface area contributed by atoms with Gasteiger partial charge in [-0.15, -0.1) is 0 Å². The number of carbonyl (C=O) groups excluding carboxylic acids is 1. The molecule has 1 nitrogen and oxygen atoms in total. The predicted octanol–water partition coefficient (Wildman–Crippen LogP) is 4.05. The second-order valence-electron chi connectivity index (χ2n) is 3.55. The van der Waals surface area contributed by atoms with Crippen LogP contribution in [0.15, 0.2) is 23.8 Å². The largest absolute Gasteiger partial charge is 0.299 e. The van der Waals surface area contributed by atoms with Crippen molar-refractivity contribution in [1.82, 2.24) is 0 Å². The van der Waals surface area contributed by atoms with Crippen LogP contribution < -0.4 is 0 Å². The van der Waals surface area contributed by atoms with Crippen LogP contribution in [-0.2, 0) is 4.79 Å². The molecule has 0 aliphatic heterocycles. The standard InChI is InChI=1S/C13H22O/c1-3-5-9-13(10-6-4-2)11-7-8-12-14/h7-8,11-12H,3-6,9-10H2,1-2H3. The van der Waals surface area contributed by atoms with Crippen molar-refractivity contribution in [3.8, 4) is 0 Å². The molecule has 0 N–H and O–H groups in total. The first kappa shape index (κ1) is 13.2. The zero-order valence-corrected chi connectivity index (χ0v) is 9.46. The van der Waals surface area contributed by atoms with Crippen LogP contribution in [0.1, 0.15) is 52.4 Å². The summed E-state index contributed by atoms with van der Waals surface area (Å²) in [5.41, 5.74) is 1.48. The number of carbonyl (C=O) groups is 1. The summed E-state index contributed by atoms with van der Waals surface area (Å²) < 4.78 is 0. The van der Waals surface area contributed by atoms with Crippen LogP contribution in [0, 0.1) is 0 Å². The second-order valence-corrected chi connectivity index (χ2v) is 3.55. The Bertz CT molecular complexity index is 179. The quantitative estimate of drug-likeness (QED) is 0.323. The summed E-state index contributed by atoms with van der Waals surface area (Å²) in [6.45, 7) is 4.41. The van der Waals surface area contributed by atoms with Gasteiger partial charge in [-0.05, 0) is 31.8 Å². The van der Waals surface area contributed by atoms with Gasteiger partial charge in [-0.25, -0.2) is 0 Å². The molecule has 0 heterocycles. The lowest BCUT2D eigenvalue weighted by Crippen LogP contribution is -1.84. The first-order valence-electron chi connectivity index (χ1n) is 5.65. The fraction of sp³-hybridized carbons (Fsp3) is 0.615. The van der Waals surface area contributed by atoms with E-state index in [0.717, 1.165) is 6.29 Å². The summed E-state index contributed by atoms with van der Waals surface area (Å²) in [6.07, 6.45) is 13.7. The van der Waals surface area contributed by atoms with E-state index in [4.69, 9.17) is 0 Å². The Kier molecular flexibility index (Phi) is 9.61. The van der Waals surface area contributed by atoms with Crippen molar-refractivity contribution >= 4 is 6.29 Å². The zero-order chi connectivity index (χ0) is 10.6. The lowest BCUT2D eigenvalue weighted by Gasteiger charge is -2.04. The summed E-state index contributed by atoms with van der Waals surface area (Å²) in [6, 6.07) is 0. The molecular formula is C13H22O.